The highest BCUT2D eigenvalue weighted by Crippen LogP contribution is 2.26. The van der Waals surface area contributed by atoms with Crippen LogP contribution in [0.25, 0.3) is 0 Å². The van der Waals surface area contributed by atoms with E-state index in [2.05, 4.69) is 20.5 Å². The summed E-state index contributed by atoms with van der Waals surface area (Å²) >= 11 is 0. The summed E-state index contributed by atoms with van der Waals surface area (Å²) in [6, 6.07) is 3.51. The van der Waals surface area contributed by atoms with Crippen molar-refractivity contribution in [1.29, 1.82) is 0 Å². The zero-order chi connectivity index (χ0) is 15.4. The maximum atomic E-state index is 11.8. The van der Waals surface area contributed by atoms with Gasteiger partial charge in [-0.1, -0.05) is 0 Å². The van der Waals surface area contributed by atoms with Crippen LogP contribution in [0.5, 0.6) is 0 Å². The molecule has 1 aliphatic carbocycles. The number of pyridine rings is 1. The van der Waals surface area contributed by atoms with Gasteiger partial charge in [-0.3, -0.25) is 4.90 Å². The van der Waals surface area contributed by atoms with Crippen molar-refractivity contribution < 1.29 is 14.7 Å². The molecule has 0 saturated heterocycles. The second-order valence-electron chi connectivity index (χ2n) is 5.29. The lowest BCUT2D eigenvalue weighted by molar-refractivity contribution is 0.0691. The zero-order valence-corrected chi connectivity index (χ0v) is 12.2. The molecule has 1 atom stereocenters. The molecule has 2 amide bonds. The molecule has 1 unspecified atom stereocenters. The van der Waals surface area contributed by atoms with Gasteiger partial charge in [-0.05, 0) is 38.9 Å². The minimum absolute atomic E-state index is 0.171. The van der Waals surface area contributed by atoms with Gasteiger partial charge in [-0.2, -0.15) is 0 Å². The molecule has 1 aliphatic rings. The Balaban J connectivity index is 1.85. The van der Waals surface area contributed by atoms with Crippen molar-refractivity contribution in [2.24, 2.45) is 0 Å². The van der Waals surface area contributed by atoms with Crippen molar-refractivity contribution in [3.8, 4) is 0 Å². The fraction of sp³-hybridized carbons (Fsp3) is 0.500. The van der Waals surface area contributed by atoms with E-state index in [0.717, 1.165) is 0 Å². The number of nitrogens with zero attached hydrogens (tertiary/aromatic N) is 2. The van der Waals surface area contributed by atoms with Gasteiger partial charge < -0.3 is 15.7 Å². The molecular weight excluding hydrogens is 272 g/mol. The highest BCUT2D eigenvalue weighted by Gasteiger charge is 2.29. The molecule has 1 heterocycles. The molecule has 7 heteroatoms. The predicted octanol–water partition coefficient (Wildman–Crippen LogP) is 1.38. The second kappa shape index (κ2) is 6.53. The van der Waals surface area contributed by atoms with Crippen molar-refractivity contribution >= 4 is 17.7 Å². The summed E-state index contributed by atoms with van der Waals surface area (Å²) < 4.78 is 0. The van der Waals surface area contributed by atoms with Gasteiger partial charge in [0.05, 0.1) is 5.69 Å². The molecule has 1 saturated carbocycles. The monoisotopic (exact) mass is 292 g/mol. The largest absolute Gasteiger partial charge is 0.476 e. The number of anilines is 1. The van der Waals surface area contributed by atoms with Crippen molar-refractivity contribution in [2.45, 2.75) is 31.8 Å². The lowest BCUT2D eigenvalue weighted by atomic mass is 10.3. The van der Waals surface area contributed by atoms with Crippen LogP contribution in [0.15, 0.2) is 18.3 Å². The van der Waals surface area contributed by atoms with Crippen LogP contribution < -0.4 is 10.6 Å². The third kappa shape index (κ3) is 4.16. The van der Waals surface area contributed by atoms with E-state index in [0.29, 0.717) is 12.6 Å². The Kier molecular flexibility index (Phi) is 4.74. The van der Waals surface area contributed by atoms with Gasteiger partial charge in [0, 0.05) is 24.8 Å². The molecule has 1 aromatic rings. The lowest BCUT2D eigenvalue weighted by Crippen LogP contribution is -2.42. The first-order chi connectivity index (χ1) is 9.99. The van der Waals surface area contributed by atoms with Gasteiger partial charge in [-0.15, -0.1) is 0 Å². The average Bonchev–Trinajstić information content (AvgIpc) is 3.29. The number of urea groups is 1. The number of rotatable bonds is 6. The van der Waals surface area contributed by atoms with E-state index < -0.39 is 12.0 Å². The fourth-order valence-electron chi connectivity index (χ4n) is 2.07. The SMILES string of the molecule is CC(CNC(=O)Nc1cccnc1C(=O)O)N(C)C1CC1. The molecule has 0 aliphatic heterocycles. The Bertz CT molecular complexity index is 531. The molecule has 114 valence electrons. The van der Waals surface area contributed by atoms with Crippen molar-refractivity contribution in [1.82, 2.24) is 15.2 Å². The number of aromatic carboxylic acids is 1. The third-order valence-electron chi connectivity index (χ3n) is 3.63. The molecular formula is C14H20N4O3. The van der Waals surface area contributed by atoms with E-state index in [4.69, 9.17) is 5.11 Å². The number of carboxylic acids is 1. The van der Waals surface area contributed by atoms with E-state index in [9.17, 15) is 9.59 Å². The van der Waals surface area contributed by atoms with Crippen LogP contribution in [0.1, 0.15) is 30.3 Å². The predicted molar refractivity (Wildman–Crippen MR) is 78.5 cm³/mol. The van der Waals surface area contributed by atoms with Gasteiger partial charge in [0.2, 0.25) is 0 Å². The zero-order valence-electron chi connectivity index (χ0n) is 12.2. The summed E-state index contributed by atoms with van der Waals surface area (Å²) in [6.45, 7) is 2.55. The summed E-state index contributed by atoms with van der Waals surface area (Å²) in [5, 5.41) is 14.3. The van der Waals surface area contributed by atoms with E-state index in [1.807, 2.05) is 14.0 Å². The molecule has 0 radical (unpaired) electrons. The quantitative estimate of drug-likeness (QED) is 0.736. The summed E-state index contributed by atoms with van der Waals surface area (Å²) in [5.41, 5.74) is 0.0153. The first-order valence-electron chi connectivity index (χ1n) is 6.94. The van der Waals surface area contributed by atoms with Crippen molar-refractivity contribution in [3.63, 3.8) is 0 Å². The topological polar surface area (TPSA) is 94.6 Å². The summed E-state index contributed by atoms with van der Waals surface area (Å²) in [6.07, 6.45) is 3.80. The maximum absolute atomic E-state index is 11.8. The first-order valence-corrected chi connectivity index (χ1v) is 6.94. The summed E-state index contributed by atoms with van der Waals surface area (Å²) in [4.78, 5) is 28.8. The van der Waals surface area contributed by atoms with Crippen LogP contribution in [0.4, 0.5) is 10.5 Å². The van der Waals surface area contributed by atoms with E-state index in [1.165, 1.54) is 25.1 Å². The van der Waals surface area contributed by atoms with Gasteiger partial charge in [0.25, 0.3) is 0 Å². The molecule has 0 aromatic carbocycles. The van der Waals surface area contributed by atoms with Gasteiger partial charge in [0.15, 0.2) is 5.69 Å². The molecule has 2 rings (SSSR count). The van der Waals surface area contributed by atoms with Crippen LogP contribution in [-0.2, 0) is 0 Å². The first kappa shape index (κ1) is 15.2. The van der Waals surface area contributed by atoms with E-state index >= 15 is 0 Å². The van der Waals surface area contributed by atoms with Crippen LogP contribution in [0.2, 0.25) is 0 Å². The second-order valence-corrected chi connectivity index (χ2v) is 5.29. The standard InChI is InChI=1S/C14H20N4O3/c1-9(18(2)10-5-6-10)8-16-14(21)17-11-4-3-7-15-12(11)13(19)20/h3-4,7,9-10H,5-6,8H2,1-2H3,(H,19,20)(H2,16,17,21). The molecule has 7 nitrogen and oxygen atoms in total. The van der Waals surface area contributed by atoms with Crippen LogP contribution in [0, 0.1) is 0 Å². The molecule has 1 fully saturated rings. The van der Waals surface area contributed by atoms with Crippen molar-refractivity contribution in [2.75, 3.05) is 18.9 Å². The van der Waals surface area contributed by atoms with Crippen molar-refractivity contribution in [3.05, 3.63) is 24.0 Å². The van der Waals surface area contributed by atoms with Gasteiger partial charge >= 0.3 is 12.0 Å². The number of carbonyl (C=O) groups excluding carboxylic acids is 1. The lowest BCUT2D eigenvalue weighted by Gasteiger charge is -2.24. The minimum atomic E-state index is -1.17. The Morgan fingerprint density at radius 3 is 2.86 bits per heavy atom. The average molecular weight is 292 g/mol. The molecule has 21 heavy (non-hydrogen) atoms. The molecule has 3 N–H and O–H groups in total. The highest BCUT2D eigenvalue weighted by molar-refractivity contribution is 5.98. The number of aromatic nitrogens is 1. The maximum Gasteiger partial charge on any atom is 0.356 e. The third-order valence-corrected chi connectivity index (χ3v) is 3.63. The normalized spacial score (nSPS) is 15.6. The molecule has 1 aromatic heterocycles. The molecule has 0 bridgehead atoms. The Hall–Kier alpha value is -2.15. The van der Waals surface area contributed by atoms with Crippen LogP contribution in [-0.4, -0.2) is 52.7 Å². The number of nitrogens with one attached hydrogen (secondary N) is 2. The number of carboxylic acid groups (broad SMARTS) is 1. The van der Waals surface area contributed by atoms with Gasteiger partial charge in [0.1, 0.15) is 0 Å². The smallest absolute Gasteiger partial charge is 0.356 e. The van der Waals surface area contributed by atoms with E-state index in [-0.39, 0.29) is 17.4 Å². The van der Waals surface area contributed by atoms with E-state index in [1.54, 1.807) is 6.07 Å². The number of carbonyl (C=O) groups is 2. The highest BCUT2D eigenvalue weighted by atomic mass is 16.4. The minimum Gasteiger partial charge on any atom is -0.476 e. The molecule has 0 spiro atoms. The number of hydrogen-bond acceptors (Lipinski definition) is 4. The number of hydrogen-bond donors (Lipinski definition) is 3. The van der Waals surface area contributed by atoms with Gasteiger partial charge in [-0.25, -0.2) is 14.6 Å². The fourth-order valence-corrected chi connectivity index (χ4v) is 2.07. The summed E-state index contributed by atoms with van der Waals surface area (Å²) in [5.74, 6) is -1.17. The number of amides is 2. The Labute approximate surface area is 123 Å². The summed E-state index contributed by atoms with van der Waals surface area (Å²) in [7, 11) is 2.05. The Morgan fingerprint density at radius 2 is 2.24 bits per heavy atom. The van der Waals surface area contributed by atoms with Crippen LogP contribution in [0.3, 0.4) is 0 Å². The Morgan fingerprint density at radius 1 is 1.52 bits per heavy atom. The van der Waals surface area contributed by atoms with Crippen LogP contribution >= 0.6 is 0 Å². The number of likely N-dealkylation sites (N-methyl/N-ethyl adjacent to an activating group) is 1.